The molecule has 4 unspecified atom stereocenters. The van der Waals surface area contributed by atoms with E-state index in [1.807, 2.05) is 0 Å². The Balaban J connectivity index is 2.36. The van der Waals surface area contributed by atoms with Gasteiger partial charge >= 0.3 is 0 Å². The van der Waals surface area contributed by atoms with Crippen LogP contribution in [0.1, 0.15) is 52.9 Å². The minimum atomic E-state index is -0.491. The fourth-order valence-electron chi connectivity index (χ4n) is 5.09. The molecule has 122 valence electrons. The lowest BCUT2D eigenvalue weighted by molar-refractivity contribution is -0.148. The van der Waals surface area contributed by atoms with Crippen molar-refractivity contribution in [1.29, 1.82) is 0 Å². The summed E-state index contributed by atoms with van der Waals surface area (Å²) in [5.41, 5.74) is 1.62. The number of ketones is 1. The molecule has 2 fully saturated rings. The Bertz CT molecular complexity index is 514. The van der Waals surface area contributed by atoms with Gasteiger partial charge in [-0.3, -0.25) is 4.79 Å². The van der Waals surface area contributed by atoms with E-state index in [2.05, 4.69) is 40.5 Å². The summed E-state index contributed by atoms with van der Waals surface area (Å²) < 4.78 is 0. The zero-order chi connectivity index (χ0) is 16.7. The SMILES string of the molecule is C=CC(=C)CC(O)C1C(=C)CCC2C(C)(C)C(=O)CCC12C. The van der Waals surface area contributed by atoms with Crippen LogP contribution in [-0.2, 0) is 4.79 Å². The van der Waals surface area contributed by atoms with E-state index < -0.39 is 6.10 Å². The van der Waals surface area contributed by atoms with Crippen molar-refractivity contribution in [2.45, 2.75) is 59.0 Å². The fourth-order valence-corrected chi connectivity index (χ4v) is 5.09. The molecule has 2 aliphatic carbocycles. The molecular formula is C20H30O2. The van der Waals surface area contributed by atoms with Gasteiger partial charge in [0.25, 0.3) is 0 Å². The first-order chi connectivity index (χ1) is 10.1. The number of carbonyl (C=O) groups excluding carboxylic acids is 1. The molecule has 0 aromatic heterocycles. The molecule has 0 saturated heterocycles. The van der Waals surface area contributed by atoms with Crippen molar-refractivity contribution in [1.82, 2.24) is 0 Å². The van der Waals surface area contributed by atoms with E-state index >= 15 is 0 Å². The van der Waals surface area contributed by atoms with Crippen LogP contribution < -0.4 is 0 Å². The first-order valence-corrected chi connectivity index (χ1v) is 8.34. The zero-order valence-corrected chi connectivity index (χ0v) is 14.3. The molecule has 0 radical (unpaired) electrons. The Morgan fingerprint density at radius 2 is 2.05 bits per heavy atom. The Hall–Kier alpha value is -1.15. The minimum Gasteiger partial charge on any atom is -0.392 e. The second-order valence-electron chi connectivity index (χ2n) is 8.01. The Labute approximate surface area is 135 Å². The van der Waals surface area contributed by atoms with E-state index in [1.54, 1.807) is 6.08 Å². The van der Waals surface area contributed by atoms with Crippen LogP contribution in [0.15, 0.2) is 37.0 Å². The molecule has 4 atom stereocenters. The van der Waals surface area contributed by atoms with Gasteiger partial charge in [-0.15, -0.1) is 0 Å². The topological polar surface area (TPSA) is 37.3 Å². The van der Waals surface area contributed by atoms with Crippen LogP contribution in [0.2, 0.25) is 0 Å². The van der Waals surface area contributed by atoms with Crippen LogP contribution >= 0.6 is 0 Å². The van der Waals surface area contributed by atoms with E-state index in [9.17, 15) is 9.90 Å². The number of aliphatic hydroxyl groups excluding tert-OH is 1. The van der Waals surface area contributed by atoms with Crippen molar-refractivity contribution in [2.24, 2.45) is 22.7 Å². The van der Waals surface area contributed by atoms with Gasteiger partial charge in [-0.2, -0.15) is 0 Å². The largest absolute Gasteiger partial charge is 0.392 e. The molecule has 0 aromatic rings. The van der Waals surface area contributed by atoms with E-state index in [1.165, 1.54) is 0 Å². The lowest BCUT2D eigenvalue weighted by Crippen LogP contribution is -2.55. The number of aliphatic hydroxyl groups is 1. The van der Waals surface area contributed by atoms with Gasteiger partial charge in [0.1, 0.15) is 5.78 Å². The molecule has 2 rings (SSSR count). The van der Waals surface area contributed by atoms with Gasteiger partial charge in [-0.05, 0) is 37.0 Å². The van der Waals surface area contributed by atoms with Gasteiger partial charge < -0.3 is 5.11 Å². The molecule has 0 aliphatic heterocycles. The number of hydrogen-bond acceptors (Lipinski definition) is 2. The van der Waals surface area contributed by atoms with Gasteiger partial charge in [0.15, 0.2) is 0 Å². The predicted octanol–water partition coefficient (Wildman–Crippen LogP) is 4.46. The molecule has 0 bridgehead atoms. The molecule has 2 aliphatic rings. The number of carbonyl (C=O) groups is 1. The van der Waals surface area contributed by atoms with E-state index in [0.717, 1.165) is 30.4 Å². The second kappa shape index (κ2) is 5.81. The molecule has 0 heterocycles. The summed E-state index contributed by atoms with van der Waals surface area (Å²) in [6, 6.07) is 0. The standard InChI is InChI=1S/C20H30O2/c1-7-13(2)12-15(21)18-14(3)8-9-16-19(4,5)17(22)10-11-20(16,18)6/h7,15-16,18,21H,1-3,8-12H2,4-6H3. The second-order valence-corrected chi connectivity index (χ2v) is 8.01. The van der Waals surface area contributed by atoms with Gasteiger partial charge in [0.2, 0.25) is 0 Å². The lowest BCUT2D eigenvalue weighted by Gasteiger charge is -2.58. The monoisotopic (exact) mass is 302 g/mol. The van der Waals surface area contributed by atoms with Crippen molar-refractivity contribution in [3.63, 3.8) is 0 Å². The summed E-state index contributed by atoms with van der Waals surface area (Å²) in [4.78, 5) is 12.4. The van der Waals surface area contributed by atoms with Crippen molar-refractivity contribution in [3.8, 4) is 0 Å². The summed E-state index contributed by atoms with van der Waals surface area (Å²) in [7, 11) is 0. The maximum atomic E-state index is 12.4. The third kappa shape index (κ3) is 2.62. The average Bonchev–Trinajstić information content (AvgIpc) is 2.42. The summed E-state index contributed by atoms with van der Waals surface area (Å²) in [6.07, 6.45) is 5.11. The molecule has 22 heavy (non-hydrogen) atoms. The maximum Gasteiger partial charge on any atom is 0.138 e. The number of Topliss-reactive ketones (excluding diaryl/α,β-unsaturated/α-hetero) is 1. The van der Waals surface area contributed by atoms with Gasteiger partial charge in [0.05, 0.1) is 6.10 Å². The highest BCUT2D eigenvalue weighted by molar-refractivity contribution is 5.85. The van der Waals surface area contributed by atoms with E-state index in [-0.39, 0.29) is 16.7 Å². The third-order valence-corrected chi connectivity index (χ3v) is 6.33. The predicted molar refractivity (Wildman–Crippen MR) is 91.4 cm³/mol. The molecule has 2 nitrogen and oxygen atoms in total. The first-order valence-electron chi connectivity index (χ1n) is 8.34. The van der Waals surface area contributed by atoms with Crippen molar-refractivity contribution in [3.05, 3.63) is 37.0 Å². The van der Waals surface area contributed by atoms with E-state index in [0.29, 0.717) is 24.5 Å². The van der Waals surface area contributed by atoms with Crippen molar-refractivity contribution >= 4 is 5.78 Å². The third-order valence-electron chi connectivity index (χ3n) is 6.33. The molecule has 2 heteroatoms. The highest BCUT2D eigenvalue weighted by atomic mass is 16.3. The number of rotatable bonds is 4. The number of fused-ring (bicyclic) bond motifs is 1. The van der Waals surface area contributed by atoms with Crippen molar-refractivity contribution in [2.75, 3.05) is 0 Å². The molecule has 0 spiro atoms. The Morgan fingerprint density at radius 1 is 1.41 bits per heavy atom. The van der Waals surface area contributed by atoms with E-state index in [4.69, 9.17) is 0 Å². The van der Waals surface area contributed by atoms with Crippen LogP contribution in [0.4, 0.5) is 0 Å². The summed E-state index contributed by atoms with van der Waals surface area (Å²) >= 11 is 0. The van der Waals surface area contributed by atoms with Gasteiger partial charge in [0, 0.05) is 17.8 Å². The smallest absolute Gasteiger partial charge is 0.138 e. The summed E-state index contributed by atoms with van der Waals surface area (Å²) in [5, 5.41) is 10.8. The Kier molecular flexibility index (Phi) is 4.54. The normalized spacial score (nSPS) is 35.6. The van der Waals surface area contributed by atoms with Crippen LogP contribution in [0.25, 0.3) is 0 Å². The zero-order valence-electron chi connectivity index (χ0n) is 14.3. The molecule has 0 amide bonds. The summed E-state index contributed by atoms with van der Waals surface area (Å²) in [5.74, 6) is 0.713. The van der Waals surface area contributed by atoms with Crippen molar-refractivity contribution < 1.29 is 9.90 Å². The number of allylic oxidation sites excluding steroid dienone is 1. The first kappa shape index (κ1) is 17.2. The van der Waals surface area contributed by atoms with Crippen LogP contribution in [0.5, 0.6) is 0 Å². The van der Waals surface area contributed by atoms with Crippen LogP contribution in [0.3, 0.4) is 0 Å². The highest BCUT2D eigenvalue weighted by Gasteiger charge is 2.57. The van der Waals surface area contributed by atoms with Crippen LogP contribution in [-0.4, -0.2) is 17.0 Å². The van der Waals surface area contributed by atoms with Gasteiger partial charge in [-0.25, -0.2) is 0 Å². The lowest BCUT2D eigenvalue weighted by atomic mass is 9.46. The van der Waals surface area contributed by atoms with Gasteiger partial charge in [-0.1, -0.05) is 57.7 Å². The highest BCUT2D eigenvalue weighted by Crippen LogP contribution is 2.60. The molecule has 2 saturated carbocycles. The average molecular weight is 302 g/mol. The maximum absolute atomic E-state index is 12.4. The molecule has 0 aromatic carbocycles. The fraction of sp³-hybridized carbons (Fsp3) is 0.650. The summed E-state index contributed by atoms with van der Waals surface area (Å²) in [6.45, 7) is 18.3. The number of hydrogen-bond donors (Lipinski definition) is 1. The van der Waals surface area contributed by atoms with Crippen LogP contribution in [0, 0.1) is 22.7 Å². The Morgan fingerprint density at radius 3 is 2.64 bits per heavy atom. The minimum absolute atomic E-state index is 0.0373. The quantitative estimate of drug-likeness (QED) is 0.615. The molecular weight excluding hydrogens is 272 g/mol. The molecule has 1 N–H and O–H groups in total.